The van der Waals surface area contributed by atoms with Gasteiger partial charge in [-0.3, -0.25) is 4.79 Å². The van der Waals surface area contributed by atoms with Crippen LogP contribution in [0.5, 0.6) is 0 Å². The van der Waals surface area contributed by atoms with Crippen molar-refractivity contribution in [3.63, 3.8) is 0 Å². The fourth-order valence-corrected chi connectivity index (χ4v) is 3.27. The number of amides is 1. The lowest BCUT2D eigenvalue weighted by Crippen LogP contribution is -2.50. The molecule has 0 aliphatic heterocycles. The van der Waals surface area contributed by atoms with Crippen molar-refractivity contribution in [2.45, 2.75) is 49.5 Å². The first-order valence-electron chi connectivity index (χ1n) is 6.84. The summed E-state index contributed by atoms with van der Waals surface area (Å²) in [7, 11) is -4.19. The Kier molecular flexibility index (Phi) is 4.42. The zero-order valence-corrected chi connectivity index (χ0v) is 13.3. The first-order valence-corrected chi connectivity index (χ1v) is 8.33. The van der Waals surface area contributed by atoms with Gasteiger partial charge in [-0.25, -0.2) is 13.4 Å². The maximum atomic E-state index is 12.5. The Bertz CT molecular complexity index is 695. The van der Waals surface area contributed by atoms with Crippen LogP contribution in [0, 0.1) is 0 Å². The number of hydrogen-bond acceptors (Lipinski definition) is 4. The summed E-state index contributed by atoms with van der Waals surface area (Å²) in [6.07, 6.45) is -3.50. The van der Waals surface area contributed by atoms with Crippen molar-refractivity contribution in [1.29, 1.82) is 0 Å². The first kappa shape index (κ1) is 17.7. The van der Waals surface area contributed by atoms with Gasteiger partial charge in [-0.2, -0.15) is 17.9 Å². The molecule has 0 radical (unpaired) electrons. The molecule has 1 fully saturated rings. The number of rotatable bonds is 5. The van der Waals surface area contributed by atoms with Crippen molar-refractivity contribution < 1.29 is 26.4 Å². The van der Waals surface area contributed by atoms with E-state index in [9.17, 15) is 26.4 Å². The van der Waals surface area contributed by atoms with Crippen LogP contribution in [0.4, 0.5) is 13.2 Å². The average molecular weight is 351 g/mol. The molecule has 128 valence electrons. The SMILES string of the molecule is CC(C)NC(=O)C1(NS(=O)(=O)c2ccc(C(F)(F)F)cn2)CC1. The monoisotopic (exact) mass is 351 g/mol. The predicted octanol–water partition coefficient (Wildman–Crippen LogP) is 1.44. The smallest absolute Gasteiger partial charge is 0.352 e. The number of carbonyl (C=O) groups excluding carboxylic acids is 1. The van der Waals surface area contributed by atoms with E-state index in [4.69, 9.17) is 0 Å². The number of sulfonamides is 1. The Balaban J connectivity index is 2.18. The van der Waals surface area contributed by atoms with Crippen LogP contribution in [-0.2, 0) is 21.0 Å². The average Bonchev–Trinajstić information content (AvgIpc) is 3.17. The van der Waals surface area contributed by atoms with Crippen LogP contribution in [0.2, 0.25) is 0 Å². The van der Waals surface area contributed by atoms with Gasteiger partial charge in [0.2, 0.25) is 5.91 Å². The molecular weight excluding hydrogens is 335 g/mol. The van der Waals surface area contributed by atoms with Crippen LogP contribution in [0.25, 0.3) is 0 Å². The Morgan fingerprint density at radius 1 is 1.30 bits per heavy atom. The molecule has 1 aliphatic carbocycles. The second-order valence-corrected chi connectivity index (χ2v) is 7.33. The molecule has 1 aliphatic rings. The summed E-state index contributed by atoms with van der Waals surface area (Å²) in [5, 5.41) is 2.05. The number of aromatic nitrogens is 1. The largest absolute Gasteiger partial charge is 0.417 e. The highest BCUT2D eigenvalue weighted by Gasteiger charge is 2.53. The zero-order valence-electron chi connectivity index (χ0n) is 12.4. The molecule has 2 N–H and O–H groups in total. The van der Waals surface area contributed by atoms with E-state index in [1.54, 1.807) is 13.8 Å². The normalized spacial score (nSPS) is 17.1. The summed E-state index contributed by atoms with van der Waals surface area (Å²) in [6, 6.07) is 1.24. The van der Waals surface area contributed by atoms with Gasteiger partial charge in [0.05, 0.1) is 5.56 Å². The summed E-state index contributed by atoms with van der Waals surface area (Å²) in [5.41, 5.74) is -2.29. The molecule has 6 nitrogen and oxygen atoms in total. The van der Waals surface area contributed by atoms with Gasteiger partial charge in [-0.05, 0) is 38.8 Å². The van der Waals surface area contributed by atoms with Crippen LogP contribution in [-0.4, -0.2) is 30.9 Å². The minimum absolute atomic E-state index is 0.159. The van der Waals surface area contributed by atoms with Crippen LogP contribution in [0.1, 0.15) is 32.3 Å². The lowest BCUT2D eigenvalue weighted by atomic mass is 10.2. The number of nitrogens with one attached hydrogen (secondary N) is 2. The van der Waals surface area contributed by atoms with Gasteiger partial charge in [-0.1, -0.05) is 0 Å². The predicted molar refractivity (Wildman–Crippen MR) is 74.8 cm³/mol. The number of carbonyl (C=O) groups is 1. The Morgan fingerprint density at radius 2 is 1.91 bits per heavy atom. The maximum absolute atomic E-state index is 12.5. The molecule has 1 saturated carbocycles. The van der Waals surface area contributed by atoms with Crippen molar-refractivity contribution in [2.75, 3.05) is 0 Å². The van der Waals surface area contributed by atoms with E-state index in [1.807, 2.05) is 0 Å². The number of halogens is 3. The van der Waals surface area contributed by atoms with Crippen molar-refractivity contribution in [2.24, 2.45) is 0 Å². The molecule has 1 amide bonds. The summed E-state index contributed by atoms with van der Waals surface area (Å²) >= 11 is 0. The van der Waals surface area contributed by atoms with Crippen molar-refractivity contribution in [3.8, 4) is 0 Å². The number of nitrogens with zero attached hydrogens (tertiary/aromatic N) is 1. The number of hydrogen-bond donors (Lipinski definition) is 2. The lowest BCUT2D eigenvalue weighted by Gasteiger charge is -2.18. The summed E-state index contributed by atoms with van der Waals surface area (Å²) in [5.74, 6) is -0.456. The third-order valence-corrected chi connectivity index (χ3v) is 4.72. The molecule has 0 bridgehead atoms. The number of pyridine rings is 1. The molecule has 10 heteroatoms. The van der Waals surface area contributed by atoms with Crippen molar-refractivity contribution >= 4 is 15.9 Å². The molecule has 0 spiro atoms. The van der Waals surface area contributed by atoms with Gasteiger partial charge in [-0.15, -0.1) is 0 Å². The maximum Gasteiger partial charge on any atom is 0.417 e. The highest BCUT2D eigenvalue weighted by atomic mass is 32.2. The molecule has 0 aromatic carbocycles. The van der Waals surface area contributed by atoms with E-state index in [0.717, 1.165) is 6.07 Å². The minimum Gasteiger partial charge on any atom is -0.352 e. The van der Waals surface area contributed by atoms with Crippen LogP contribution in [0.3, 0.4) is 0 Å². The minimum atomic E-state index is -4.60. The molecule has 2 rings (SSSR count). The highest BCUT2D eigenvalue weighted by Crippen LogP contribution is 2.37. The second kappa shape index (κ2) is 5.75. The van der Waals surface area contributed by atoms with E-state index >= 15 is 0 Å². The summed E-state index contributed by atoms with van der Waals surface area (Å²) < 4.78 is 64.0. The Morgan fingerprint density at radius 3 is 2.30 bits per heavy atom. The summed E-state index contributed by atoms with van der Waals surface area (Å²) in [4.78, 5) is 15.4. The van der Waals surface area contributed by atoms with Gasteiger partial charge >= 0.3 is 6.18 Å². The third kappa shape index (κ3) is 3.99. The Hall–Kier alpha value is -1.68. The topological polar surface area (TPSA) is 88.2 Å². The van der Waals surface area contributed by atoms with E-state index in [-0.39, 0.29) is 6.04 Å². The van der Waals surface area contributed by atoms with Crippen LogP contribution in [0.15, 0.2) is 23.4 Å². The fraction of sp³-hybridized carbons (Fsp3) is 0.538. The zero-order chi connectivity index (χ0) is 17.5. The van der Waals surface area contributed by atoms with Crippen molar-refractivity contribution in [1.82, 2.24) is 15.0 Å². The number of alkyl halides is 3. The standard InChI is InChI=1S/C13H16F3N3O3S/c1-8(2)18-11(20)12(5-6-12)19-23(21,22)10-4-3-9(7-17-10)13(14,15)16/h3-4,7-8,19H,5-6H2,1-2H3,(H,18,20). The van der Waals surface area contributed by atoms with Gasteiger partial charge < -0.3 is 5.32 Å². The molecule has 23 heavy (non-hydrogen) atoms. The quantitative estimate of drug-likeness (QED) is 0.840. The van der Waals surface area contributed by atoms with Gasteiger partial charge in [0.25, 0.3) is 10.0 Å². The van der Waals surface area contributed by atoms with E-state index in [2.05, 4.69) is 15.0 Å². The second-order valence-electron chi connectivity index (χ2n) is 5.70. The third-order valence-electron chi connectivity index (χ3n) is 3.27. The highest BCUT2D eigenvalue weighted by molar-refractivity contribution is 7.89. The van der Waals surface area contributed by atoms with E-state index in [0.29, 0.717) is 25.1 Å². The molecular formula is C13H16F3N3O3S. The summed E-state index contributed by atoms with van der Waals surface area (Å²) in [6.45, 7) is 3.47. The van der Waals surface area contributed by atoms with Gasteiger partial charge in [0.15, 0.2) is 5.03 Å². The molecule has 0 atom stereocenters. The lowest BCUT2D eigenvalue weighted by molar-refractivity contribution is -0.137. The molecule has 1 aromatic rings. The van der Waals surface area contributed by atoms with E-state index < -0.39 is 38.2 Å². The van der Waals surface area contributed by atoms with E-state index in [1.165, 1.54) is 0 Å². The molecule has 1 heterocycles. The first-order chi connectivity index (χ1) is 10.5. The van der Waals surface area contributed by atoms with Gasteiger partial charge in [0.1, 0.15) is 5.54 Å². The van der Waals surface area contributed by atoms with Crippen LogP contribution >= 0.6 is 0 Å². The Labute approximate surface area is 131 Å². The van der Waals surface area contributed by atoms with Crippen LogP contribution < -0.4 is 10.0 Å². The molecule has 0 saturated heterocycles. The fourth-order valence-electron chi connectivity index (χ4n) is 1.92. The van der Waals surface area contributed by atoms with Gasteiger partial charge in [0, 0.05) is 12.2 Å². The molecule has 1 aromatic heterocycles. The molecule has 0 unspecified atom stereocenters. The van der Waals surface area contributed by atoms with Crippen molar-refractivity contribution in [3.05, 3.63) is 23.9 Å².